The average Bonchev–Trinajstić information content (AvgIpc) is 2.84. The van der Waals surface area contributed by atoms with Gasteiger partial charge in [-0.1, -0.05) is 0 Å². The maximum Gasteiger partial charge on any atom is 0.251 e. The fourth-order valence-electron chi connectivity index (χ4n) is 2.52. The number of nitrogens with two attached hydrogens (primary N) is 1. The molecule has 0 radical (unpaired) electrons. The molecule has 1 fully saturated rings. The summed E-state index contributed by atoms with van der Waals surface area (Å²) in [5, 5.41) is 5.04. The Hall–Kier alpha value is -1.44. The zero-order valence-corrected chi connectivity index (χ0v) is 13.3. The van der Waals surface area contributed by atoms with Crippen molar-refractivity contribution >= 4 is 28.2 Å². The van der Waals surface area contributed by atoms with E-state index in [-0.39, 0.29) is 24.2 Å². The lowest BCUT2D eigenvalue weighted by atomic mass is 10.1. The number of nitrogens with one attached hydrogen (secondary N) is 1. The van der Waals surface area contributed by atoms with Crippen LogP contribution in [0.3, 0.4) is 0 Å². The molecule has 21 heavy (non-hydrogen) atoms. The molecule has 1 saturated heterocycles. The summed E-state index contributed by atoms with van der Waals surface area (Å²) in [6.45, 7) is 7.28. The van der Waals surface area contributed by atoms with Gasteiger partial charge in [-0.25, -0.2) is 0 Å². The molecule has 0 aromatic carbocycles. The highest BCUT2D eigenvalue weighted by atomic mass is 32.1. The molecular weight excluding hydrogens is 290 g/mol. The van der Waals surface area contributed by atoms with Gasteiger partial charge in [-0.2, -0.15) is 0 Å². The highest BCUT2D eigenvalue weighted by Crippen LogP contribution is 2.23. The van der Waals surface area contributed by atoms with Crippen LogP contribution in [0.15, 0.2) is 11.4 Å². The van der Waals surface area contributed by atoms with E-state index in [0.717, 1.165) is 0 Å². The van der Waals surface area contributed by atoms with Crippen LogP contribution in [0, 0.1) is 0 Å². The SMILES string of the molecule is C[C@H]1CN([C@@H](C)C(=O)Nc2sccc2C(N)=O)C[C@H](C)O1. The van der Waals surface area contributed by atoms with Crippen molar-refractivity contribution in [1.82, 2.24) is 4.90 Å². The van der Waals surface area contributed by atoms with E-state index in [1.54, 1.807) is 11.4 Å². The molecule has 1 aliphatic rings. The molecule has 0 saturated carbocycles. The maximum absolute atomic E-state index is 12.4. The van der Waals surface area contributed by atoms with Gasteiger partial charge in [0, 0.05) is 13.1 Å². The second kappa shape index (κ2) is 6.55. The van der Waals surface area contributed by atoms with Crippen molar-refractivity contribution in [2.45, 2.75) is 39.0 Å². The van der Waals surface area contributed by atoms with E-state index in [0.29, 0.717) is 23.7 Å². The van der Waals surface area contributed by atoms with E-state index in [2.05, 4.69) is 10.2 Å². The number of carbonyl (C=O) groups is 2. The number of thiophene rings is 1. The summed E-state index contributed by atoms with van der Waals surface area (Å²) >= 11 is 1.30. The second-order valence-electron chi connectivity index (χ2n) is 5.40. The van der Waals surface area contributed by atoms with Crippen molar-refractivity contribution in [2.75, 3.05) is 18.4 Å². The lowest BCUT2D eigenvalue weighted by molar-refractivity contribution is -0.126. The molecule has 3 N–H and O–H groups in total. The van der Waals surface area contributed by atoms with Gasteiger partial charge in [-0.05, 0) is 32.2 Å². The maximum atomic E-state index is 12.4. The highest BCUT2D eigenvalue weighted by molar-refractivity contribution is 7.14. The van der Waals surface area contributed by atoms with Crippen molar-refractivity contribution in [2.24, 2.45) is 5.73 Å². The Bertz CT molecular complexity index is 521. The Morgan fingerprint density at radius 1 is 1.43 bits per heavy atom. The molecule has 116 valence electrons. The molecule has 0 bridgehead atoms. The summed E-state index contributed by atoms with van der Waals surface area (Å²) in [5.41, 5.74) is 5.63. The van der Waals surface area contributed by atoms with Gasteiger partial charge in [0.1, 0.15) is 5.00 Å². The summed E-state index contributed by atoms with van der Waals surface area (Å²) in [7, 11) is 0. The van der Waals surface area contributed by atoms with Crippen LogP contribution < -0.4 is 11.1 Å². The van der Waals surface area contributed by atoms with Gasteiger partial charge >= 0.3 is 0 Å². The summed E-state index contributed by atoms with van der Waals surface area (Å²) < 4.78 is 5.67. The van der Waals surface area contributed by atoms with E-state index in [9.17, 15) is 9.59 Å². The highest BCUT2D eigenvalue weighted by Gasteiger charge is 2.29. The molecule has 1 aliphatic heterocycles. The number of hydrogen-bond donors (Lipinski definition) is 2. The molecule has 7 heteroatoms. The first-order valence-electron chi connectivity index (χ1n) is 6.96. The van der Waals surface area contributed by atoms with Gasteiger partial charge in [0.15, 0.2) is 0 Å². The van der Waals surface area contributed by atoms with Gasteiger partial charge in [-0.15, -0.1) is 11.3 Å². The number of anilines is 1. The van der Waals surface area contributed by atoms with E-state index in [1.807, 2.05) is 20.8 Å². The monoisotopic (exact) mass is 311 g/mol. The lowest BCUT2D eigenvalue weighted by Crippen LogP contribution is -2.52. The number of morpholine rings is 1. The third kappa shape index (κ3) is 3.81. The molecule has 0 unspecified atom stereocenters. The molecule has 6 nitrogen and oxygen atoms in total. The van der Waals surface area contributed by atoms with Gasteiger partial charge in [-0.3, -0.25) is 14.5 Å². The Balaban J connectivity index is 2.02. The molecule has 2 heterocycles. The molecule has 1 aromatic heterocycles. The van der Waals surface area contributed by atoms with Crippen molar-refractivity contribution in [1.29, 1.82) is 0 Å². The molecule has 0 spiro atoms. The number of nitrogens with zero attached hydrogens (tertiary/aromatic N) is 1. The first-order chi connectivity index (χ1) is 9.88. The van der Waals surface area contributed by atoms with Gasteiger partial charge < -0.3 is 15.8 Å². The normalized spacial score (nSPS) is 24.5. The number of ether oxygens (including phenoxy) is 1. The van der Waals surface area contributed by atoms with Crippen molar-refractivity contribution < 1.29 is 14.3 Å². The third-order valence-corrected chi connectivity index (χ3v) is 4.37. The number of hydrogen-bond acceptors (Lipinski definition) is 5. The van der Waals surface area contributed by atoms with Gasteiger partial charge in [0.25, 0.3) is 5.91 Å². The fraction of sp³-hybridized carbons (Fsp3) is 0.571. The van der Waals surface area contributed by atoms with E-state index in [1.165, 1.54) is 11.3 Å². The average molecular weight is 311 g/mol. The van der Waals surface area contributed by atoms with Crippen LogP contribution in [0.4, 0.5) is 5.00 Å². The molecule has 0 aliphatic carbocycles. The minimum atomic E-state index is -0.534. The zero-order chi connectivity index (χ0) is 15.6. The third-order valence-electron chi connectivity index (χ3n) is 3.54. The van der Waals surface area contributed by atoms with Crippen LogP contribution in [-0.4, -0.2) is 48.1 Å². The second-order valence-corrected chi connectivity index (χ2v) is 6.32. The summed E-state index contributed by atoms with van der Waals surface area (Å²) in [6.07, 6.45) is 0.207. The van der Waals surface area contributed by atoms with E-state index in [4.69, 9.17) is 10.5 Å². The van der Waals surface area contributed by atoms with Crippen LogP contribution in [-0.2, 0) is 9.53 Å². The smallest absolute Gasteiger partial charge is 0.251 e. The predicted molar refractivity (Wildman–Crippen MR) is 82.5 cm³/mol. The number of primary amides is 1. The first kappa shape index (κ1) is 15.9. The Morgan fingerprint density at radius 2 is 2.05 bits per heavy atom. The largest absolute Gasteiger partial charge is 0.373 e. The predicted octanol–water partition coefficient (Wildman–Crippen LogP) is 1.28. The van der Waals surface area contributed by atoms with E-state index >= 15 is 0 Å². The summed E-state index contributed by atoms with van der Waals surface area (Å²) in [4.78, 5) is 25.7. The summed E-state index contributed by atoms with van der Waals surface area (Å²) in [5.74, 6) is -0.672. The van der Waals surface area contributed by atoms with Crippen LogP contribution >= 0.6 is 11.3 Å². The minimum absolute atomic E-state index is 0.104. The topological polar surface area (TPSA) is 84.7 Å². The van der Waals surface area contributed by atoms with Gasteiger partial charge in [0.2, 0.25) is 5.91 Å². The zero-order valence-electron chi connectivity index (χ0n) is 12.5. The van der Waals surface area contributed by atoms with Crippen molar-refractivity contribution in [3.05, 3.63) is 17.0 Å². The number of rotatable bonds is 4. The first-order valence-corrected chi connectivity index (χ1v) is 7.84. The van der Waals surface area contributed by atoms with Crippen molar-refractivity contribution in [3.8, 4) is 0 Å². The molecule has 2 amide bonds. The van der Waals surface area contributed by atoms with Crippen LogP contribution in [0.1, 0.15) is 31.1 Å². The quantitative estimate of drug-likeness (QED) is 0.877. The van der Waals surface area contributed by atoms with Crippen LogP contribution in [0.2, 0.25) is 0 Å². The van der Waals surface area contributed by atoms with E-state index < -0.39 is 5.91 Å². The lowest BCUT2D eigenvalue weighted by Gasteiger charge is -2.38. The summed E-state index contributed by atoms with van der Waals surface area (Å²) in [6, 6.07) is 1.33. The fourth-order valence-corrected chi connectivity index (χ4v) is 3.31. The Kier molecular flexibility index (Phi) is 4.97. The van der Waals surface area contributed by atoms with Crippen LogP contribution in [0.25, 0.3) is 0 Å². The Labute approximate surface area is 128 Å². The van der Waals surface area contributed by atoms with Crippen molar-refractivity contribution in [3.63, 3.8) is 0 Å². The molecule has 1 aromatic rings. The minimum Gasteiger partial charge on any atom is -0.373 e. The molecule has 3 atom stereocenters. The van der Waals surface area contributed by atoms with Gasteiger partial charge in [0.05, 0.1) is 23.8 Å². The standard InChI is InChI=1S/C14H21N3O3S/c1-8-6-17(7-9(2)20-8)10(3)13(19)16-14-11(12(15)18)4-5-21-14/h4-5,8-10H,6-7H2,1-3H3,(H2,15,18)(H,16,19)/t8-,9-,10-/m0/s1. The number of amides is 2. The number of carbonyl (C=O) groups excluding carboxylic acids is 2. The van der Waals surface area contributed by atoms with Crippen LogP contribution in [0.5, 0.6) is 0 Å². The molecule has 2 rings (SSSR count). The molecular formula is C14H21N3O3S. The Morgan fingerprint density at radius 3 is 2.62 bits per heavy atom.